The Bertz CT molecular complexity index is 1760. The number of amides is 1. The number of aromatic amines is 1. The summed E-state index contributed by atoms with van der Waals surface area (Å²) in [5.41, 5.74) is 9.69. The Morgan fingerprint density at radius 2 is 1.94 bits per heavy atom. The normalized spacial score (nSPS) is 11.9. The number of H-pyrrole nitrogens is 1. The Kier molecular flexibility index (Phi) is 6.07. The van der Waals surface area contributed by atoms with E-state index < -0.39 is 15.7 Å². The second-order valence-corrected chi connectivity index (χ2v) is 11.1. The number of benzene rings is 2. The molecule has 5 aromatic rings. The fourth-order valence-corrected chi connectivity index (χ4v) is 5.16. The number of hydrogen-bond donors (Lipinski definition) is 3. The van der Waals surface area contributed by atoms with Crippen LogP contribution < -0.4 is 11.1 Å². The molecule has 0 bridgehead atoms. The first-order valence-corrected chi connectivity index (χ1v) is 13.2. The zero-order valence-electron chi connectivity index (χ0n) is 18.8. The molecule has 4 N–H and O–H groups in total. The van der Waals surface area contributed by atoms with Gasteiger partial charge in [0.25, 0.3) is 5.91 Å². The van der Waals surface area contributed by atoms with Crippen molar-refractivity contribution in [2.75, 3.05) is 12.0 Å². The third kappa shape index (κ3) is 4.60. The van der Waals surface area contributed by atoms with Gasteiger partial charge in [-0.3, -0.25) is 4.79 Å². The molecular formula is C23H19Cl2N7O3S. The summed E-state index contributed by atoms with van der Waals surface area (Å²) in [6.07, 6.45) is 4.11. The second kappa shape index (κ2) is 9.08. The van der Waals surface area contributed by atoms with Gasteiger partial charge in [-0.15, -0.1) is 0 Å². The number of hydrogen-bond acceptors (Lipinski definition) is 7. The Balaban J connectivity index is 1.39. The van der Waals surface area contributed by atoms with Crippen molar-refractivity contribution in [1.82, 2.24) is 29.8 Å². The van der Waals surface area contributed by atoms with Crippen molar-refractivity contribution in [3.63, 3.8) is 0 Å². The molecule has 2 aromatic carbocycles. The number of nitrogen functional groups attached to an aromatic ring is 1. The number of imidazole rings is 1. The number of nitrogens with one attached hydrogen (secondary N) is 2. The maximum Gasteiger partial charge on any atom is 0.253 e. The van der Waals surface area contributed by atoms with Gasteiger partial charge < -0.3 is 20.6 Å². The highest BCUT2D eigenvalue weighted by molar-refractivity contribution is 7.90. The average molecular weight is 544 g/mol. The SMILES string of the molecule is CS(=O)(=O)c1ccc(C(=O)NCc2cc3cc(Cl)cc(Cn4cnc5c(N)ncnc54)c3[nH]2)c(Cl)c1. The molecule has 3 heterocycles. The number of carbonyl (C=O) groups excluding carboxylic acids is 1. The van der Waals surface area contributed by atoms with Crippen LogP contribution in [0.25, 0.3) is 22.1 Å². The second-order valence-electron chi connectivity index (χ2n) is 8.22. The number of halogens is 2. The Labute approximate surface area is 215 Å². The van der Waals surface area contributed by atoms with Crippen molar-refractivity contribution in [3.05, 3.63) is 75.9 Å². The first kappa shape index (κ1) is 24.0. The molecule has 3 aromatic heterocycles. The van der Waals surface area contributed by atoms with Crippen molar-refractivity contribution < 1.29 is 13.2 Å². The van der Waals surface area contributed by atoms with Crippen molar-refractivity contribution >= 4 is 66.8 Å². The molecular weight excluding hydrogens is 525 g/mol. The van der Waals surface area contributed by atoms with Gasteiger partial charge in [0.15, 0.2) is 21.3 Å². The highest BCUT2D eigenvalue weighted by atomic mass is 35.5. The van der Waals surface area contributed by atoms with Gasteiger partial charge in [-0.05, 0) is 42.0 Å². The molecule has 0 fully saturated rings. The molecule has 13 heteroatoms. The summed E-state index contributed by atoms with van der Waals surface area (Å²) in [6, 6.07) is 9.58. The molecule has 0 spiro atoms. The van der Waals surface area contributed by atoms with Gasteiger partial charge in [0.1, 0.15) is 11.8 Å². The quantitative estimate of drug-likeness (QED) is 0.296. The molecule has 0 aliphatic rings. The van der Waals surface area contributed by atoms with Gasteiger partial charge in [-0.2, -0.15) is 0 Å². The predicted molar refractivity (Wildman–Crippen MR) is 138 cm³/mol. The van der Waals surface area contributed by atoms with Gasteiger partial charge >= 0.3 is 0 Å². The predicted octanol–water partition coefficient (Wildman–Crippen LogP) is 3.58. The molecule has 0 aliphatic heterocycles. The summed E-state index contributed by atoms with van der Waals surface area (Å²) in [6.45, 7) is 0.616. The van der Waals surface area contributed by atoms with Crippen LogP contribution in [0, 0.1) is 0 Å². The first-order valence-electron chi connectivity index (χ1n) is 10.6. The van der Waals surface area contributed by atoms with E-state index in [0.29, 0.717) is 28.5 Å². The van der Waals surface area contributed by atoms with Gasteiger partial charge in [-0.1, -0.05) is 23.2 Å². The van der Waals surface area contributed by atoms with E-state index in [2.05, 4.69) is 25.3 Å². The van der Waals surface area contributed by atoms with Crippen LogP contribution in [-0.4, -0.2) is 45.1 Å². The molecule has 0 aliphatic carbocycles. The molecule has 1 amide bonds. The summed E-state index contributed by atoms with van der Waals surface area (Å²) < 4.78 is 25.3. The number of fused-ring (bicyclic) bond motifs is 2. The van der Waals surface area contributed by atoms with E-state index in [0.717, 1.165) is 28.4 Å². The van der Waals surface area contributed by atoms with E-state index in [4.69, 9.17) is 28.9 Å². The summed E-state index contributed by atoms with van der Waals surface area (Å²) in [5, 5.41) is 4.29. The van der Waals surface area contributed by atoms with Crippen LogP contribution in [0.15, 0.2) is 53.9 Å². The number of aromatic nitrogens is 5. The topological polar surface area (TPSA) is 149 Å². The Morgan fingerprint density at radius 3 is 2.69 bits per heavy atom. The van der Waals surface area contributed by atoms with Crippen LogP contribution in [0.2, 0.25) is 10.0 Å². The Morgan fingerprint density at radius 1 is 1.14 bits per heavy atom. The molecule has 36 heavy (non-hydrogen) atoms. The van der Waals surface area contributed by atoms with E-state index in [1.807, 2.05) is 22.8 Å². The minimum atomic E-state index is -3.43. The fourth-order valence-electron chi connectivity index (χ4n) is 3.94. The minimum absolute atomic E-state index is 0.0453. The van der Waals surface area contributed by atoms with Crippen molar-refractivity contribution in [1.29, 1.82) is 0 Å². The number of nitrogens with zero attached hydrogens (tertiary/aromatic N) is 4. The Hall–Kier alpha value is -3.67. The molecule has 0 radical (unpaired) electrons. The van der Waals surface area contributed by atoms with Crippen LogP contribution in [0.3, 0.4) is 0 Å². The van der Waals surface area contributed by atoms with Crippen LogP contribution in [-0.2, 0) is 22.9 Å². The van der Waals surface area contributed by atoms with E-state index in [1.54, 1.807) is 6.33 Å². The van der Waals surface area contributed by atoms with Crippen molar-refractivity contribution in [2.24, 2.45) is 0 Å². The standard InChI is InChI=1S/C23H19Cl2N7O3S/c1-36(34,35)16-2-3-17(18(25)7-16)23(33)27-8-15-6-12-4-14(24)5-13(19(12)31-15)9-32-11-30-20-21(26)28-10-29-22(20)32/h2-7,10-11,31H,8-9H2,1H3,(H,27,33)(H2,26,28,29). The maximum absolute atomic E-state index is 12.7. The molecule has 5 rings (SSSR count). The average Bonchev–Trinajstić information content (AvgIpc) is 3.41. The lowest BCUT2D eigenvalue weighted by Gasteiger charge is -2.08. The highest BCUT2D eigenvalue weighted by Crippen LogP contribution is 2.27. The fraction of sp³-hybridized carbons (Fsp3) is 0.130. The van der Waals surface area contributed by atoms with E-state index in [9.17, 15) is 13.2 Å². The number of anilines is 1. The number of nitrogens with two attached hydrogens (primary N) is 1. The molecule has 0 unspecified atom stereocenters. The summed E-state index contributed by atoms with van der Waals surface area (Å²) in [7, 11) is -3.43. The molecule has 10 nitrogen and oxygen atoms in total. The van der Waals surface area contributed by atoms with Gasteiger partial charge in [0.05, 0.1) is 40.4 Å². The van der Waals surface area contributed by atoms with Crippen LogP contribution >= 0.6 is 23.2 Å². The minimum Gasteiger partial charge on any atom is -0.382 e. The van der Waals surface area contributed by atoms with Crippen LogP contribution in [0.5, 0.6) is 0 Å². The molecule has 0 saturated carbocycles. The van der Waals surface area contributed by atoms with Crippen molar-refractivity contribution in [3.8, 4) is 0 Å². The molecule has 0 atom stereocenters. The number of rotatable bonds is 6. The lowest BCUT2D eigenvalue weighted by molar-refractivity contribution is 0.0950. The maximum atomic E-state index is 12.7. The molecule has 184 valence electrons. The van der Waals surface area contributed by atoms with Crippen LogP contribution in [0.1, 0.15) is 21.6 Å². The van der Waals surface area contributed by atoms with E-state index >= 15 is 0 Å². The van der Waals surface area contributed by atoms with Crippen LogP contribution in [0.4, 0.5) is 5.82 Å². The zero-order chi connectivity index (χ0) is 25.6. The molecule has 0 saturated heterocycles. The summed E-state index contributed by atoms with van der Waals surface area (Å²) in [5.74, 6) is -0.127. The number of carbonyl (C=O) groups is 1. The lowest BCUT2D eigenvalue weighted by atomic mass is 10.1. The van der Waals surface area contributed by atoms with Gasteiger partial charge in [0, 0.05) is 22.4 Å². The zero-order valence-corrected chi connectivity index (χ0v) is 21.1. The largest absolute Gasteiger partial charge is 0.382 e. The summed E-state index contributed by atoms with van der Waals surface area (Å²) in [4.78, 5) is 28.6. The van der Waals surface area contributed by atoms with E-state index in [1.165, 1.54) is 24.5 Å². The van der Waals surface area contributed by atoms with Crippen molar-refractivity contribution in [2.45, 2.75) is 18.0 Å². The van der Waals surface area contributed by atoms with Gasteiger partial charge in [0.2, 0.25) is 0 Å². The third-order valence-electron chi connectivity index (χ3n) is 5.65. The smallest absolute Gasteiger partial charge is 0.253 e. The first-order chi connectivity index (χ1) is 17.1. The summed E-state index contributed by atoms with van der Waals surface area (Å²) >= 11 is 12.5. The third-order valence-corrected chi connectivity index (χ3v) is 7.29. The monoisotopic (exact) mass is 543 g/mol. The number of sulfone groups is 1. The highest BCUT2D eigenvalue weighted by Gasteiger charge is 2.16. The lowest BCUT2D eigenvalue weighted by Crippen LogP contribution is -2.23. The van der Waals surface area contributed by atoms with Gasteiger partial charge in [-0.25, -0.2) is 23.4 Å². The van der Waals surface area contributed by atoms with E-state index in [-0.39, 0.29) is 22.0 Å².